The minimum Gasteiger partial charge on any atom is -0.497 e. The Bertz CT molecular complexity index is 1590. The molecule has 10 nitrogen and oxygen atoms in total. The van der Waals surface area contributed by atoms with Crippen molar-refractivity contribution in [3.05, 3.63) is 83.7 Å². The van der Waals surface area contributed by atoms with E-state index in [-0.39, 0.29) is 47.4 Å². The molecular weight excluding hydrogens is 637 g/mol. The highest BCUT2D eigenvalue weighted by Crippen LogP contribution is 2.30. The first-order chi connectivity index (χ1) is 22.9. The van der Waals surface area contributed by atoms with Gasteiger partial charge in [0.1, 0.15) is 17.3 Å². The molecule has 4 atom stereocenters. The van der Waals surface area contributed by atoms with Gasteiger partial charge in [-0.05, 0) is 100 Å². The molecule has 0 fully saturated rings. The van der Waals surface area contributed by atoms with Gasteiger partial charge in [0, 0.05) is 37.8 Å². The molecule has 1 heterocycles. The smallest absolute Gasteiger partial charge is 0.261 e. The van der Waals surface area contributed by atoms with Crippen LogP contribution in [0.2, 0.25) is 0 Å². The standard InChI is InChI=1S/C36H48FN3O7S/c1-25-21-40(26(2)24-41)36(42)33-20-30(38-48(43,44)32-16-11-29(37)12-17-32)13-18-34(33)47-27(3)8-6-7-19-46-35(25)23-39(4)22-28-9-14-31(45-5)15-10-28/h9-18,20,25-27,35,38,41H,6-8,19,21-24H2,1-5H3/t25-,26-,27+,35+/m1/s1. The van der Waals surface area contributed by atoms with Crippen molar-refractivity contribution in [1.82, 2.24) is 9.80 Å². The second kappa shape index (κ2) is 17.1. The van der Waals surface area contributed by atoms with Gasteiger partial charge < -0.3 is 24.2 Å². The molecule has 1 amide bonds. The van der Waals surface area contributed by atoms with Crippen LogP contribution < -0.4 is 14.2 Å². The van der Waals surface area contributed by atoms with Crippen molar-refractivity contribution in [2.24, 2.45) is 5.92 Å². The van der Waals surface area contributed by atoms with Gasteiger partial charge in [-0.1, -0.05) is 19.1 Å². The van der Waals surface area contributed by atoms with E-state index in [0.29, 0.717) is 25.4 Å². The number of sulfonamides is 1. The molecule has 0 radical (unpaired) electrons. The number of ether oxygens (including phenoxy) is 3. The van der Waals surface area contributed by atoms with Gasteiger partial charge in [0.2, 0.25) is 0 Å². The van der Waals surface area contributed by atoms with Crippen LogP contribution in [0, 0.1) is 11.7 Å². The summed E-state index contributed by atoms with van der Waals surface area (Å²) in [5.41, 5.74) is 1.45. The third kappa shape index (κ3) is 10.1. The van der Waals surface area contributed by atoms with Crippen molar-refractivity contribution in [1.29, 1.82) is 0 Å². The highest BCUT2D eigenvalue weighted by Gasteiger charge is 2.30. The number of fused-ring (bicyclic) bond motifs is 1. The summed E-state index contributed by atoms with van der Waals surface area (Å²) in [6.45, 7) is 7.62. The molecule has 0 bridgehead atoms. The quantitative estimate of drug-likeness (QED) is 0.285. The number of aliphatic hydroxyl groups is 1. The predicted octanol–water partition coefficient (Wildman–Crippen LogP) is 5.56. The van der Waals surface area contributed by atoms with Crippen LogP contribution in [0.3, 0.4) is 0 Å². The van der Waals surface area contributed by atoms with Gasteiger partial charge in [-0.2, -0.15) is 0 Å². The zero-order valence-corrected chi connectivity index (χ0v) is 29.2. The molecule has 3 aromatic rings. The number of nitrogens with zero attached hydrogens (tertiary/aromatic N) is 2. The number of aliphatic hydroxyl groups excluding tert-OH is 1. The molecule has 4 rings (SSSR count). The Labute approximate surface area is 283 Å². The number of methoxy groups -OCH3 is 1. The molecule has 0 aromatic heterocycles. The number of amides is 1. The average Bonchev–Trinajstić information content (AvgIpc) is 3.06. The zero-order chi connectivity index (χ0) is 34.8. The monoisotopic (exact) mass is 685 g/mol. The van der Waals surface area contributed by atoms with Gasteiger partial charge in [0.05, 0.1) is 42.4 Å². The molecule has 1 aliphatic heterocycles. The van der Waals surface area contributed by atoms with Crippen molar-refractivity contribution in [2.75, 3.05) is 45.2 Å². The second-order valence-corrected chi connectivity index (χ2v) is 14.3. The summed E-state index contributed by atoms with van der Waals surface area (Å²) >= 11 is 0. The van der Waals surface area contributed by atoms with Gasteiger partial charge in [0.15, 0.2) is 0 Å². The molecule has 48 heavy (non-hydrogen) atoms. The Morgan fingerprint density at radius 1 is 1.08 bits per heavy atom. The summed E-state index contributed by atoms with van der Waals surface area (Å²) in [6.07, 6.45) is 1.99. The Morgan fingerprint density at radius 2 is 1.79 bits per heavy atom. The molecule has 0 spiro atoms. The van der Waals surface area contributed by atoms with E-state index in [2.05, 4.69) is 9.62 Å². The number of hydrogen-bond donors (Lipinski definition) is 2. The number of rotatable bonds is 10. The lowest BCUT2D eigenvalue weighted by atomic mass is 10.0. The number of anilines is 1. The molecule has 0 unspecified atom stereocenters. The zero-order valence-electron chi connectivity index (χ0n) is 28.4. The fourth-order valence-corrected chi connectivity index (χ4v) is 6.74. The van der Waals surface area contributed by atoms with E-state index in [0.717, 1.165) is 42.7 Å². The van der Waals surface area contributed by atoms with Gasteiger partial charge in [-0.15, -0.1) is 0 Å². The number of halogens is 1. The highest BCUT2D eigenvalue weighted by molar-refractivity contribution is 7.92. The van der Waals surface area contributed by atoms with Gasteiger partial charge >= 0.3 is 0 Å². The number of likely N-dealkylation sites (N-methyl/N-ethyl adjacent to an activating group) is 1. The van der Waals surface area contributed by atoms with Gasteiger partial charge in [0.25, 0.3) is 15.9 Å². The maximum absolute atomic E-state index is 14.4. The van der Waals surface area contributed by atoms with Crippen molar-refractivity contribution >= 4 is 21.6 Å². The van der Waals surface area contributed by atoms with E-state index in [1.807, 2.05) is 45.2 Å². The van der Waals surface area contributed by atoms with Crippen LogP contribution in [-0.2, 0) is 21.3 Å². The van der Waals surface area contributed by atoms with Crippen LogP contribution in [0.1, 0.15) is 56.0 Å². The molecule has 0 saturated carbocycles. The maximum atomic E-state index is 14.4. The first-order valence-corrected chi connectivity index (χ1v) is 17.8. The molecule has 2 N–H and O–H groups in total. The normalized spacial score (nSPS) is 20.4. The summed E-state index contributed by atoms with van der Waals surface area (Å²) < 4.78 is 60.2. The van der Waals surface area contributed by atoms with E-state index in [1.54, 1.807) is 25.0 Å². The Kier molecular flexibility index (Phi) is 13.2. The maximum Gasteiger partial charge on any atom is 0.261 e. The SMILES string of the molecule is COc1ccc(CN(C)C[C@@H]2OCCCC[C@H](C)Oc3ccc(NS(=O)(=O)c4ccc(F)cc4)cc3C(=O)N([C@H](C)CO)C[C@H]2C)cc1. The molecule has 0 saturated heterocycles. The van der Waals surface area contributed by atoms with Crippen molar-refractivity contribution in [2.45, 2.75) is 69.7 Å². The van der Waals surface area contributed by atoms with Crippen LogP contribution in [0.5, 0.6) is 11.5 Å². The molecule has 3 aromatic carbocycles. The number of carbonyl (C=O) groups is 1. The average molecular weight is 686 g/mol. The van der Waals surface area contributed by atoms with E-state index < -0.39 is 27.8 Å². The third-order valence-corrected chi connectivity index (χ3v) is 9.93. The van der Waals surface area contributed by atoms with Gasteiger partial charge in [-0.3, -0.25) is 14.4 Å². The Balaban J connectivity index is 1.62. The van der Waals surface area contributed by atoms with E-state index >= 15 is 0 Å². The lowest BCUT2D eigenvalue weighted by Crippen LogP contribution is -2.47. The minimum atomic E-state index is -4.07. The third-order valence-electron chi connectivity index (χ3n) is 8.53. The predicted molar refractivity (Wildman–Crippen MR) is 183 cm³/mol. The van der Waals surface area contributed by atoms with E-state index in [4.69, 9.17) is 14.2 Å². The number of nitrogens with one attached hydrogen (secondary N) is 1. The largest absolute Gasteiger partial charge is 0.497 e. The van der Waals surface area contributed by atoms with E-state index in [9.17, 15) is 22.7 Å². The molecule has 1 aliphatic rings. The van der Waals surface area contributed by atoms with Crippen LogP contribution in [0.4, 0.5) is 10.1 Å². The van der Waals surface area contributed by atoms with Crippen molar-refractivity contribution < 1.29 is 36.9 Å². The first-order valence-electron chi connectivity index (χ1n) is 16.3. The number of hydrogen-bond acceptors (Lipinski definition) is 8. The lowest BCUT2D eigenvalue weighted by molar-refractivity contribution is -0.0177. The van der Waals surface area contributed by atoms with Crippen LogP contribution in [0.25, 0.3) is 0 Å². The fourth-order valence-electron chi connectivity index (χ4n) is 5.69. The Morgan fingerprint density at radius 3 is 2.46 bits per heavy atom. The summed E-state index contributed by atoms with van der Waals surface area (Å²) in [5.74, 6) is 0.0411. The van der Waals surface area contributed by atoms with Gasteiger partial charge in [-0.25, -0.2) is 12.8 Å². The minimum absolute atomic E-state index is 0.118. The Hall–Kier alpha value is -3.71. The molecular formula is C36H48FN3O7S. The fraction of sp³-hybridized carbons (Fsp3) is 0.472. The first kappa shape index (κ1) is 37.1. The molecule has 12 heteroatoms. The summed E-state index contributed by atoms with van der Waals surface area (Å²) in [6, 6.07) is 16.5. The van der Waals surface area contributed by atoms with Crippen LogP contribution in [-0.4, -0.2) is 87.9 Å². The van der Waals surface area contributed by atoms with Crippen molar-refractivity contribution in [3.8, 4) is 11.5 Å². The van der Waals surface area contributed by atoms with Crippen LogP contribution >= 0.6 is 0 Å². The van der Waals surface area contributed by atoms with E-state index in [1.165, 1.54) is 24.3 Å². The van der Waals surface area contributed by atoms with Crippen LogP contribution in [0.15, 0.2) is 71.6 Å². The van der Waals surface area contributed by atoms with Crippen molar-refractivity contribution in [3.63, 3.8) is 0 Å². The second-order valence-electron chi connectivity index (χ2n) is 12.6. The summed E-state index contributed by atoms with van der Waals surface area (Å²) in [4.78, 5) is 18.0. The summed E-state index contributed by atoms with van der Waals surface area (Å²) in [7, 11) is -0.395. The highest BCUT2D eigenvalue weighted by atomic mass is 32.2. The molecule has 262 valence electrons. The summed E-state index contributed by atoms with van der Waals surface area (Å²) in [5, 5.41) is 10.2. The molecule has 0 aliphatic carbocycles. The topological polar surface area (TPSA) is 118 Å². The number of benzene rings is 3. The number of carbonyl (C=O) groups excluding carboxylic acids is 1. The lowest BCUT2D eigenvalue weighted by Gasteiger charge is -2.36.